The van der Waals surface area contributed by atoms with Crippen molar-refractivity contribution in [1.29, 1.82) is 0 Å². The molecule has 0 aliphatic rings. The van der Waals surface area contributed by atoms with Crippen molar-refractivity contribution in [3.05, 3.63) is 62.7 Å². The molecule has 0 radical (unpaired) electrons. The summed E-state index contributed by atoms with van der Waals surface area (Å²) in [5.41, 5.74) is 3.99. The Hall–Kier alpha value is -2.36. The highest BCUT2D eigenvalue weighted by Crippen LogP contribution is 2.31. The van der Waals surface area contributed by atoms with E-state index < -0.39 is 0 Å². The molecule has 0 atom stereocenters. The van der Waals surface area contributed by atoms with Crippen molar-refractivity contribution in [3.63, 3.8) is 0 Å². The highest BCUT2D eigenvalue weighted by Gasteiger charge is 2.12. The van der Waals surface area contributed by atoms with E-state index >= 15 is 0 Å². The Bertz CT molecular complexity index is 654. The monoisotopic (exact) mass is 271 g/mol. The predicted octanol–water partition coefficient (Wildman–Crippen LogP) is 4.62. The van der Waals surface area contributed by atoms with Crippen molar-refractivity contribution >= 4 is 5.69 Å². The van der Waals surface area contributed by atoms with Crippen LogP contribution in [0.4, 0.5) is 5.69 Å². The van der Waals surface area contributed by atoms with E-state index in [4.69, 9.17) is 4.74 Å². The van der Waals surface area contributed by atoms with E-state index in [1.807, 2.05) is 20.8 Å². The van der Waals surface area contributed by atoms with Crippen molar-refractivity contribution in [2.45, 2.75) is 27.7 Å². The SMILES string of the molecule is Cc1cc(C)c(Oc2ccc([N+](=O)[O-])c(C)c2)c(C)c1. The van der Waals surface area contributed by atoms with Crippen LogP contribution in [0, 0.1) is 37.8 Å². The first kappa shape index (κ1) is 14.1. The van der Waals surface area contributed by atoms with Crippen LogP contribution < -0.4 is 4.74 Å². The second kappa shape index (κ2) is 5.33. The molecule has 0 saturated carbocycles. The summed E-state index contributed by atoms with van der Waals surface area (Å²) in [4.78, 5) is 10.4. The Kier molecular flexibility index (Phi) is 3.74. The maximum Gasteiger partial charge on any atom is 0.272 e. The van der Waals surface area contributed by atoms with E-state index in [-0.39, 0.29) is 10.6 Å². The molecule has 0 aliphatic carbocycles. The molecule has 0 N–H and O–H groups in total. The van der Waals surface area contributed by atoms with E-state index in [2.05, 4.69) is 12.1 Å². The number of nitrogens with zero attached hydrogens (tertiary/aromatic N) is 1. The molecule has 0 amide bonds. The van der Waals surface area contributed by atoms with Crippen molar-refractivity contribution in [2.75, 3.05) is 0 Å². The van der Waals surface area contributed by atoms with Crippen LogP contribution in [0.15, 0.2) is 30.3 Å². The van der Waals surface area contributed by atoms with Gasteiger partial charge in [-0.2, -0.15) is 0 Å². The topological polar surface area (TPSA) is 52.4 Å². The van der Waals surface area contributed by atoms with Crippen LogP contribution in [0.25, 0.3) is 0 Å². The van der Waals surface area contributed by atoms with Crippen LogP contribution in [-0.4, -0.2) is 4.92 Å². The lowest BCUT2D eigenvalue weighted by molar-refractivity contribution is -0.385. The van der Waals surface area contributed by atoms with Crippen LogP contribution in [0.3, 0.4) is 0 Å². The zero-order valence-corrected chi connectivity index (χ0v) is 12.1. The van der Waals surface area contributed by atoms with E-state index in [0.29, 0.717) is 11.3 Å². The van der Waals surface area contributed by atoms with E-state index in [0.717, 1.165) is 16.9 Å². The van der Waals surface area contributed by atoms with E-state index in [1.165, 1.54) is 11.6 Å². The average Bonchev–Trinajstić information content (AvgIpc) is 2.33. The Labute approximate surface area is 118 Å². The highest BCUT2D eigenvalue weighted by molar-refractivity contribution is 5.49. The Morgan fingerprint density at radius 1 is 0.950 bits per heavy atom. The van der Waals surface area contributed by atoms with Crippen molar-refractivity contribution in [2.24, 2.45) is 0 Å². The Balaban J connectivity index is 2.36. The number of nitro groups is 1. The van der Waals surface area contributed by atoms with Gasteiger partial charge < -0.3 is 4.74 Å². The summed E-state index contributed by atoms with van der Waals surface area (Å²) in [7, 11) is 0. The molecule has 0 aromatic heterocycles. The molecular formula is C16H17NO3. The number of ether oxygens (including phenoxy) is 1. The quantitative estimate of drug-likeness (QED) is 0.604. The molecular weight excluding hydrogens is 254 g/mol. The van der Waals surface area contributed by atoms with E-state index in [9.17, 15) is 10.1 Å². The second-order valence-electron chi connectivity index (χ2n) is 5.04. The normalized spacial score (nSPS) is 10.4. The van der Waals surface area contributed by atoms with Gasteiger partial charge in [0.15, 0.2) is 0 Å². The van der Waals surface area contributed by atoms with Crippen molar-refractivity contribution in [1.82, 2.24) is 0 Å². The maximum absolute atomic E-state index is 10.8. The number of aryl methyl sites for hydroxylation is 4. The summed E-state index contributed by atoms with van der Waals surface area (Å²) in [5.74, 6) is 1.42. The third-order valence-electron chi connectivity index (χ3n) is 3.19. The van der Waals surface area contributed by atoms with Gasteiger partial charge in [-0.1, -0.05) is 17.7 Å². The van der Waals surface area contributed by atoms with Crippen LogP contribution in [0.2, 0.25) is 0 Å². The second-order valence-corrected chi connectivity index (χ2v) is 5.04. The lowest BCUT2D eigenvalue weighted by Crippen LogP contribution is -1.95. The molecule has 4 heteroatoms. The molecule has 2 aromatic rings. The highest BCUT2D eigenvalue weighted by atomic mass is 16.6. The van der Waals surface area contributed by atoms with Gasteiger partial charge in [0, 0.05) is 11.6 Å². The zero-order chi connectivity index (χ0) is 14.9. The largest absolute Gasteiger partial charge is 0.457 e. The fraction of sp³-hybridized carbons (Fsp3) is 0.250. The van der Waals surface area contributed by atoms with E-state index in [1.54, 1.807) is 19.1 Å². The molecule has 0 aliphatic heterocycles. The average molecular weight is 271 g/mol. The van der Waals surface area contributed by atoms with Crippen molar-refractivity contribution < 1.29 is 9.66 Å². The molecule has 0 saturated heterocycles. The first-order valence-corrected chi connectivity index (χ1v) is 6.39. The molecule has 0 unspecified atom stereocenters. The maximum atomic E-state index is 10.8. The molecule has 0 spiro atoms. The van der Waals surface area contributed by atoms with Crippen LogP contribution >= 0.6 is 0 Å². The summed E-state index contributed by atoms with van der Waals surface area (Å²) >= 11 is 0. The molecule has 2 aromatic carbocycles. The van der Waals surface area contributed by atoms with Gasteiger partial charge in [0.1, 0.15) is 11.5 Å². The number of rotatable bonds is 3. The van der Waals surface area contributed by atoms with Gasteiger partial charge >= 0.3 is 0 Å². The third-order valence-corrected chi connectivity index (χ3v) is 3.19. The fourth-order valence-electron chi connectivity index (χ4n) is 2.34. The third kappa shape index (κ3) is 2.79. The molecule has 0 heterocycles. The minimum atomic E-state index is -0.387. The van der Waals surface area contributed by atoms with Crippen LogP contribution in [-0.2, 0) is 0 Å². The van der Waals surface area contributed by atoms with Gasteiger partial charge in [0.25, 0.3) is 5.69 Å². The summed E-state index contributed by atoms with van der Waals surface area (Å²) < 4.78 is 5.89. The summed E-state index contributed by atoms with van der Waals surface area (Å²) in [5, 5.41) is 10.8. The first-order chi connectivity index (χ1) is 9.38. The molecule has 20 heavy (non-hydrogen) atoms. The number of benzene rings is 2. The summed E-state index contributed by atoms with van der Waals surface area (Å²) in [6.07, 6.45) is 0. The molecule has 104 valence electrons. The molecule has 2 rings (SSSR count). The first-order valence-electron chi connectivity index (χ1n) is 6.39. The number of hydrogen-bond acceptors (Lipinski definition) is 3. The summed E-state index contributed by atoms with van der Waals surface area (Å²) in [6.45, 7) is 7.74. The number of nitro benzene ring substituents is 1. The Morgan fingerprint density at radius 2 is 1.55 bits per heavy atom. The minimum absolute atomic E-state index is 0.106. The van der Waals surface area contributed by atoms with Gasteiger partial charge in [-0.15, -0.1) is 0 Å². The lowest BCUT2D eigenvalue weighted by Gasteiger charge is -2.13. The zero-order valence-electron chi connectivity index (χ0n) is 12.1. The fourth-order valence-corrected chi connectivity index (χ4v) is 2.34. The van der Waals surface area contributed by atoms with Crippen molar-refractivity contribution in [3.8, 4) is 11.5 Å². The molecule has 0 bridgehead atoms. The van der Waals surface area contributed by atoms with Gasteiger partial charge in [-0.3, -0.25) is 10.1 Å². The minimum Gasteiger partial charge on any atom is -0.457 e. The number of hydrogen-bond donors (Lipinski definition) is 0. The molecule has 0 fully saturated rings. The van der Waals surface area contributed by atoms with Crippen LogP contribution in [0.5, 0.6) is 11.5 Å². The van der Waals surface area contributed by atoms with Gasteiger partial charge in [0.05, 0.1) is 4.92 Å². The van der Waals surface area contributed by atoms with Gasteiger partial charge in [-0.05, 0) is 51.0 Å². The smallest absolute Gasteiger partial charge is 0.272 e. The van der Waals surface area contributed by atoms with Gasteiger partial charge in [-0.25, -0.2) is 0 Å². The van der Waals surface area contributed by atoms with Gasteiger partial charge in [0.2, 0.25) is 0 Å². The standard InChI is InChI=1S/C16H17NO3/c1-10-7-12(3)16(13(4)8-10)20-14-5-6-15(17(18)19)11(2)9-14/h5-9H,1-4H3. The lowest BCUT2D eigenvalue weighted by atomic mass is 10.1. The molecule has 4 nitrogen and oxygen atoms in total. The Morgan fingerprint density at radius 3 is 2.05 bits per heavy atom. The predicted molar refractivity (Wildman–Crippen MR) is 78.6 cm³/mol. The summed E-state index contributed by atoms with van der Waals surface area (Å²) in [6, 6.07) is 8.91. The van der Waals surface area contributed by atoms with Crippen LogP contribution in [0.1, 0.15) is 22.3 Å².